The van der Waals surface area contributed by atoms with Crippen molar-refractivity contribution >= 4 is 72.0 Å². The van der Waals surface area contributed by atoms with E-state index < -0.39 is 24.2 Å². The fourth-order valence-electron chi connectivity index (χ4n) is 5.72. The summed E-state index contributed by atoms with van der Waals surface area (Å²) in [5.74, 6) is -2.69. The Balaban J connectivity index is 1.27. The lowest BCUT2D eigenvalue weighted by Crippen LogP contribution is -2.34. The average Bonchev–Trinajstić information content (AvgIpc) is 3.24. The number of carbonyl (C=O) groups excluding carboxylic acids is 4. The molecule has 2 fully saturated rings. The second-order valence-electron chi connectivity index (χ2n) is 10.9. The van der Waals surface area contributed by atoms with E-state index in [1.165, 1.54) is 29.2 Å². The summed E-state index contributed by atoms with van der Waals surface area (Å²) in [5, 5.41) is 0.575. The highest BCUT2D eigenvalue weighted by molar-refractivity contribution is 9.12. The molecule has 1 aliphatic carbocycles. The molecule has 1 saturated heterocycles. The second-order valence-corrected chi connectivity index (χ2v) is 13.2. The summed E-state index contributed by atoms with van der Waals surface area (Å²) in [6.07, 6.45) is 1.18. The van der Waals surface area contributed by atoms with Crippen molar-refractivity contribution in [3.8, 4) is 11.3 Å². The van der Waals surface area contributed by atoms with E-state index in [-0.39, 0.29) is 44.4 Å². The first-order valence-corrected chi connectivity index (χ1v) is 15.6. The van der Waals surface area contributed by atoms with Crippen molar-refractivity contribution in [3.05, 3.63) is 95.3 Å². The Hall–Kier alpha value is -3.76. The molecule has 2 heterocycles. The molecule has 4 aromatic rings. The van der Waals surface area contributed by atoms with Crippen molar-refractivity contribution in [2.75, 3.05) is 11.5 Å². The molecule has 3 aromatic carbocycles. The molecule has 0 bridgehead atoms. The maximum atomic E-state index is 13.3. The summed E-state index contributed by atoms with van der Waals surface area (Å²) in [7, 11) is 0. The number of ether oxygens (including phenoxy) is 1. The van der Waals surface area contributed by atoms with E-state index in [1.54, 1.807) is 36.4 Å². The quantitative estimate of drug-likeness (QED) is 0.0946. The molecular weight excluding hydrogens is 683 g/mol. The maximum absolute atomic E-state index is 13.3. The van der Waals surface area contributed by atoms with Gasteiger partial charge in [0.1, 0.15) is 5.82 Å². The fraction of sp³-hybridized carbons (Fsp3) is 0.242. The van der Waals surface area contributed by atoms with Crippen molar-refractivity contribution in [2.24, 2.45) is 11.8 Å². The van der Waals surface area contributed by atoms with Gasteiger partial charge in [-0.2, -0.15) is 0 Å². The zero-order valence-electron chi connectivity index (χ0n) is 22.9. The number of carbonyl (C=O) groups is 4. The first kappa shape index (κ1) is 29.3. The molecule has 1 saturated carbocycles. The molecule has 0 radical (unpaired) electrons. The molecule has 0 N–H and O–H groups in total. The van der Waals surface area contributed by atoms with Crippen molar-refractivity contribution in [2.45, 2.75) is 29.4 Å². The van der Waals surface area contributed by atoms with Crippen LogP contribution in [0.4, 0.5) is 10.1 Å². The van der Waals surface area contributed by atoms with Gasteiger partial charge < -0.3 is 4.74 Å². The molecule has 218 valence electrons. The number of anilines is 1. The monoisotopic (exact) mass is 706 g/mol. The van der Waals surface area contributed by atoms with Gasteiger partial charge in [-0.05, 0) is 74.4 Å². The molecule has 1 aromatic heterocycles. The highest BCUT2D eigenvalue weighted by Crippen LogP contribution is 2.44. The molecule has 4 atom stereocenters. The number of rotatable bonds is 6. The van der Waals surface area contributed by atoms with Gasteiger partial charge in [0.2, 0.25) is 11.8 Å². The fourth-order valence-corrected chi connectivity index (χ4v) is 6.95. The van der Waals surface area contributed by atoms with Gasteiger partial charge in [-0.3, -0.25) is 19.3 Å². The number of benzene rings is 3. The molecule has 2 aliphatic rings. The van der Waals surface area contributed by atoms with Gasteiger partial charge in [0.05, 0.1) is 34.3 Å². The van der Waals surface area contributed by atoms with E-state index in [0.717, 1.165) is 5.56 Å². The van der Waals surface area contributed by atoms with Gasteiger partial charge in [-0.15, -0.1) is 0 Å². The number of alkyl halides is 2. The largest absolute Gasteiger partial charge is 0.454 e. The van der Waals surface area contributed by atoms with Gasteiger partial charge in [-0.25, -0.2) is 14.2 Å². The van der Waals surface area contributed by atoms with Gasteiger partial charge >= 0.3 is 5.97 Å². The third-order valence-corrected chi connectivity index (χ3v) is 10.8. The van der Waals surface area contributed by atoms with Crippen LogP contribution in [0.3, 0.4) is 0 Å². The van der Waals surface area contributed by atoms with Crippen molar-refractivity contribution in [1.82, 2.24) is 4.98 Å². The normalized spacial score (nSPS) is 21.6. The number of hydrogen-bond acceptors (Lipinski definition) is 6. The number of amides is 2. The van der Waals surface area contributed by atoms with E-state index >= 15 is 0 Å². The number of aromatic nitrogens is 1. The number of ketones is 1. The number of fused-ring (bicyclic) bond motifs is 2. The first-order chi connectivity index (χ1) is 20.6. The Morgan fingerprint density at radius 2 is 1.53 bits per heavy atom. The minimum absolute atomic E-state index is 0.123. The lowest BCUT2D eigenvalue weighted by Gasteiger charge is -2.29. The average molecular weight is 708 g/mol. The van der Waals surface area contributed by atoms with E-state index in [4.69, 9.17) is 9.72 Å². The number of esters is 1. The van der Waals surface area contributed by atoms with E-state index in [0.29, 0.717) is 40.7 Å². The van der Waals surface area contributed by atoms with Crippen molar-refractivity contribution in [1.29, 1.82) is 0 Å². The topological polar surface area (TPSA) is 93.6 Å². The minimum Gasteiger partial charge on any atom is -0.454 e. The Morgan fingerprint density at radius 3 is 2.16 bits per heavy atom. The number of hydrogen-bond donors (Lipinski definition) is 0. The predicted octanol–water partition coefficient (Wildman–Crippen LogP) is 6.82. The highest BCUT2D eigenvalue weighted by atomic mass is 79.9. The Bertz CT molecular complexity index is 1750. The van der Waals surface area contributed by atoms with Crippen LogP contribution in [0.25, 0.3) is 22.2 Å². The van der Waals surface area contributed by atoms with Gasteiger partial charge in [0.25, 0.3) is 0 Å². The van der Waals surface area contributed by atoms with Crippen LogP contribution < -0.4 is 4.90 Å². The molecule has 2 amide bonds. The molecular formula is C33H25Br2FN2O5. The van der Waals surface area contributed by atoms with Crippen LogP contribution in [-0.4, -0.2) is 44.8 Å². The summed E-state index contributed by atoms with van der Waals surface area (Å²) in [4.78, 5) is 58.5. The van der Waals surface area contributed by atoms with Crippen molar-refractivity contribution < 1.29 is 28.3 Å². The van der Waals surface area contributed by atoms with Crippen LogP contribution in [0, 0.1) is 24.6 Å². The lowest BCUT2D eigenvalue weighted by molar-refractivity contribution is -0.122. The number of Topliss-reactive ketones (excluding diaryl/α,β-unsaturated/α-hetero) is 1. The highest BCUT2D eigenvalue weighted by Gasteiger charge is 2.52. The van der Waals surface area contributed by atoms with Crippen LogP contribution in [0.15, 0.2) is 72.8 Å². The molecule has 1 aliphatic heterocycles. The summed E-state index contributed by atoms with van der Waals surface area (Å²) in [5.41, 5.74) is 3.59. The molecule has 10 heteroatoms. The Kier molecular flexibility index (Phi) is 8.00. The SMILES string of the molecule is Cc1ccc2nc(-c3ccc(N4C(=O)C5CC(Br)C(Br)CC5C4=O)cc3)cc(C(=O)OCC(=O)c3ccc(F)cc3)c2c1. The molecule has 6 rings (SSSR count). The van der Waals surface area contributed by atoms with Crippen LogP contribution in [-0.2, 0) is 14.3 Å². The standard InChI is InChI=1S/C33H25Br2FN2O5/c1-17-2-11-28-22(12-17)25(33(42)43-16-30(39)19-3-7-20(36)8-4-19)15-29(37-28)18-5-9-21(10-6-18)38-31(40)23-13-26(34)27(35)14-24(23)32(38)41/h2-12,15,23-24,26-27H,13-14,16H2,1H3. The van der Waals surface area contributed by atoms with Crippen LogP contribution in [0.5, 0.6) is 0 Å². The van der Waals surface area contributed by atoms with Gasteiger partial charge in [0.15, 0.2) is 12.4 Å². The molecule has 4 unspecified atom stereocenters. The van der Waals surface area contributed by atoms with E-state index in [9.17, 15) is 23.6 Å². The van der Waals surface area contributed by atoms with E-state index in [2.05, 4.69) is 31.9 Å². The lowest BCUT2D eigenvalue weighted by atomic mass is 9.81. The van der Waals surface area contributed by atoms with E-state index in [1.807, 2.05) is 19.1 Å². The summed E-state index contributed by atoms with van der Waals surface area (Å²) in [6, 6.07) is 19.1. The number of halogens is 3. The number of imide groups is 1. The second kappa shape index (κ2) is 11.7. The summed E-state index contributed by atoms with van der Waals surface area (Å²) >= 11 is 7.24. The van der Waals surface area contributed by atoms with Gasteiger partial charge in [0, 0.05) is 26.2 Å². The summed E-state index contributed by atoms with van der Waals surface area (Å²) < 4.78 is 18.6. The van der Waals surface area contributed by atoms with Crippen LogP contribution in [0.2, 0.25) is 0 Å². The third kappa shape index (κ3) is 5.65. The number of nitrogens with zero attached hydrogens (tertiary/aromatic N) is 2. The van der Waals surface area contributed by atoms with Crippen LogP contribution >= 0.6 is 31.9 Å². The smallest absolute Gasteiger partial charge is 0.339 e. The zero-order chi connectivity index (χ0) is 30.4. The minimum atomic E-state index is -0.697. The maximum Gasteiger partial charge on any atom is 0.339 e. The summed E-state index contributed by atoms with van der Waals surface area (Å²) in [6.45, 7) is 1.39. The predicted molar refractivity (Wildman–Crippen MR) is 167 cm³/mol. The van der Waals surface area contributed by atoms with Gasteiger partial charge in [-0.1, -0.05) is 55.6 Å². The Morgan fingerprint density at radius 1 is 0.907 bits per heavy atom. The number of aryl methyl sites for hydroxylation is 1. The molecule has 7 nitrogen and oxygen atoms in total. The first-order valence-electron chi connectivity index (χ1n) is 13.7. The Labute approximate surface area is 263 Å². The number of pyridine rings is 1. The molecule has 43 heavy (non-hydrogen) atoms. The zero-order valence-corrected chi connectivity index (χ0v) is 26.1. The molecule has 0 spiro atoms. The van der Waals surface area contributed by atoms with Crippen LogP contribution in [0.1, 0.15) is 39.1 Å². The van der Waals surface area contributed by atoms with Crippen molar-refractivity contribution in [3.63, 3.8) is 0 Å². The third-order valence-electron chi connectivity index (χ3n) is 8.02.